The maximum Gasteiger partial charge on any atom is 0.326 e. The summed E-state index contributed by atoms with van der Waals surface area (Å²) in [6, 6.07) is 3.56. The van der Waals surface area contributed by atoms with Gasteiger partial charge in [0.15, 0.2) is 0 Å². The lowest BCUT2D eigenvalue weighted by Crippen LogP contribution is -2.40. The number of hydrogen-bond donors (Lipinski definition) is 3. The molecule has 7 nitrogen and oxygen atoms in total. The molecule has 1 aromatic carbocycles. The molecule has 0 unspecified atom stereocenters. The lowest BCUT2D eigenvalue weighted by Gasteiger charge is -2.15. The summed E-state index contributed by atoms with van der Waals surface area (Å²) < 4.78 is 25.0. The highest BCUT2D eigenvalue weighted by Gasteiger charge is 2.20. The van der Waals surface area contributed by atoms with Crippen molar-refractivity contribution in [3.63, 3.8) is 0 Å². The number of benzene rings is 1. The minimum atomic E-state index is -3.47. The molecule has 0 saturated carbocycles. The zero-order valence-corrected chi connectivity index (χ0v) is 14.2. The summed E-state index contributed by atoms with van der Waals surface area (Å²) in [7, 11) is -3.47. The van der Waals surface area contributed by atoms with Gasteiger partial charge in [0.2, 0.25) is 10.0 Å². The molecule has 0 heterocycles. The van der Waals surface area contributed by atoms with E-state index < -0.39 is 27.9 Å². The van der Waals surface area contributed by atoms with Crippen molar-refractivity contribution in [2.75, 3.05) is 11.0 Å². The molecule has 1 amide bonds. The van der Waals surface area contributed by atoms with E-state index in [1.807, 2.05) is 6.92 Å². The number of rotatable bonds is 8. The van der Waals surface area contributed by atoms with Gasteiger partial charge < -0.3 is 10.4 Å². The Bertz CT molecular complexity index is 685. The molecule has 3 N–H and O–H groups in total. The molecule has 23 heavy (non-hydrogen) atoms. The number of anilines is 1. The molecule has 128 valence electrons. The number of amides is 1. The highest BCUT2D eigenvalue weighted by molar-refractivity contribution is 7.92. The summed E-state index contributed by atoms with van der Waals surface area (Å²) in [5, 5.41) is 11.6. The number of sulfonamides is 1. The van der Waals surface area contributed by atoms with Crippen molar-refractivity contribution in [2.24, 2.45) is 0 Å². The summed E-state index contributed by atoms with van der Waals surface area (Å²) in [6.07, 6.45) is 2.88. The first kappa shape index (κ1) is 19.0. The largest absolute Gasteiger partial charge is 0.480 e. The van der Waals surface area contributed by atoms with Crippen molar-refractivity contribution in [1.82, 2.24) is 5.32 Å². The van der Waals surface area contributed by atoms with Crippen molar-refractivity contribution in [2.45, 2.75) is 39.2 Å². The number of carboxylic acids is 1. The van der Waals surface area contributed by atoms with Crippen LogP contribution in [-0.4, -0.2) is 37.7 Å². The van der Waals surface area contributed by atoms with Crippen molar-refractivity contribution in [1.29, 1.82) is 0 Å². The number of aryl methyl sites for hydroxylation is 1. The second kappa shape index (κ2) is 7.96. The van der Waals surface area contributed by atoms with Gasteiger partial charge in [0, 0.05) is 5.56 Å². The Balaban J connectivity index is 2.95. The van der Waals surface area contributed by atoms with Gasteiger partial charge in [-0.1, -0.05) is 25.8 Å². The Morgan fingerprint density at radius 1 is 1.30 bits per heavy atom. The third kappa shape index (κ3) is 6.27. The molecule has 1 aromatic rings. The van der Waals surface area contributed by atoms with Crippen LogP contribution in [0.25, 0.3) is 0 Å². The smallest absolute Gasteiger partial charge is 0.326 e. The van der Waals surface area contributed by atoms with Gasteiger partial charge in [-0.3, -0.25) is 9.52 Å². The van der Waals surface area contributed by atoms with Gasteiger partial charge in [0.1, 0.15) is 6.04 Å². The average Bonchev–Trinajstić information content (AvgIpc) is 2.43. The van der Waals surface area contributed by atoms with E-state index in [9.17, 15) is 18.0 Å². The maximum atomic E-state index is 12.2. The molecule has 0 aromatic heterocycles. The van der Waals surface area contributed by atoms with Crippen LogP contribution in [0, 0.1) is 6.92 Å². The van der Waals surface area contributed by atoms with Crippen molar-refractivity contribution in [3.8, 4) is 0 Å². The quantitative estimate of drug-likeness (QED) is 0.666. The third-order valence-corrected chi connectivity index (χ3v) is 3.84. The molecule has 0 bridgehead atoms. The lowest BCUT2D eigenvalue weighted by atomic mass is 10.1. The van der Waals surface area contributed by atoms with Gasteiger partial charge in [-0.25, -0.2) is 13.2 Å². The Kier molecular flexibility index (Phi) is 6.56. The van der Waals surface area contributed by atoms with Gasteiger partial charge >= 0.3 is 5.97 Å². The van der Waals surface area contributed by atoms with Crippen LogP contribution in [0.3, 0.4) is 0 Å². The zero-order chi connectivity index (χ0) is 17.6. The second-order valence-electron chi connectivity index (χ2n) is 5.41. The molecule has 0 aliphatic carbocycles. The van der Waals surface area contributed by atoms with Crippen LogP contribution in [-0.2, 0) is 14.8 Å². The molecule has 8 heteroatoms. The molecule has 0 fully saturated rings. The monoisotopic (exact) mass is 342 g/mol. The first-order chi connectivity index (χ1) is 10.6. The van der Waals surface area contributed by atoms with Crippen LogP contribution >= 0.6 is 0 Å². The predicted molar refractivity (Wildman–Crippen MR) is 88.1 cm³/mol. The second-order valence-corrected chi connectivity index (χ2v) is 7.16. The van der Waals surface area contributed by atoms with Crippen molar-refractivity contribution >= 4 is 27.6 Å². The molecular weight excluding hydrogens is 320 g/mol. The summed E-state index contributed by atoms with van der Waals surface area (Å²) >= 11 is 0. The van der Waals surface area contributed by atoms with E-state index in [2.05, 4.69) is 10.0 Å². The molecule has 0 radical (unpaired) electrons. The minimum absolute atomic E-state index is 0.199. The summed E-state index contributed by atoms with van der Waals surface area (Å²) in [5.74, 6) is -1.64. The zero-order valence-electron chi connectivity index (χ0n) is 13.4. The summed E-state index contributed by atoms with van der Waals surface area (Å²) in [5.41, 5.74) is 1.15. The molecular formula is C15H22N2O5S. The van der Waals surface area contributed by atoms with Crippen molar-refractivity contribution < 1.29 is 23.1 Å². The number of carboxylic acid groups (broad SMARTS) is 1. The van der Waals surface area contributed by atoms with E-state index in [-0.39, 0.29) is 5.56 Å². The topological polar surface area (TPSA) is 113 Å². The highest BCUT2D eigenvalue weighted by atomic mass is 32.2. The number of carbonyl (C=O) groups is 2. The van der Waals surface area contributed by atoms with Gasteiger partial charge in [-0.05, 0) is 31.0 Å². The predicted octanol–water partition coefficient (Wildman–Crippen LogP) is 1.74. The average molecular weight is 342 g/mol. The molecule has 0 aliphatic heterocycles. The van der Waals surface area contributed by atoms with E-state index in [1.54, 1.807) is 13.0 Å². The molecule has 0 spiro atoms. The van der Waals surface area contributed by atoms with Gasteiger partial charge in [-0.2, -0.15) is 0 Å². The van der Waals surface area contributed by atoms with Crippen LogP contribution < -0.4 is 10.0 Å². The SMILES string of the molecule is CCCC[C@H](NC(=O)c1ccc(C)c(NS(C)(=O)=O)c1)C(=O)O. The fraction of sp³-hybridized carbons (Fsp3) is 0.467. The minimum Gasteiger partial charge on any atom is -0.480 e. The van der Waals surface area contributed by atoms with E-state index in [0.29, 0.717) is 24.1 Å². The Labute approximate surface area is 136 Å². The fourth-order valence-corrected chi connectivity index (χ4v) is 2.60. The van der Waals surface area contributed by atoms with Crippen LogP contribution in [0.4, 0.5) is 5.69 Å². The van der Waals surface area contributed by atoms with Gasteiger partial charge in [0.25, 0.3) is 5.91 Å². The van der Waals surface area contributed by atoms with Gasteiger partial charge in [-0.15, -0.1) is 0 Å². The van der Waals surface area contributed by atoms with E-state index in [1.165, 1.54) is 12.1 Å². The van der Waals surface area contributed by atoms with Gasteiger partial charge in [0.05, 0.1) is 11.9 Å². The molecule has 1 atom stereocenters. The number of nitrogens with one attached hydrogen (secondary N) is 2. The van der Waals surface area contributed by atoms with Crippen molar-refractivity contribution in [3.05, 3.63) is 29.3 Å². The fourth-order valence-electron chi connectivity index (χ4n) is 1.98. The normalized spacial score (nSPS) is 12.5. The standard InChI is InChI=1S/C15H22N2O5S/c1-4-5-6-12(15(19)20)16-14(18)11-8-7-10(2)13(9-11)17-23(3,21)22/h7-9,12,17H,4-6H2,1-3H3,(H,16,18)(H,19,20)/t12-/m0/s1. The Hall–Kier alpha value is -2.09. The van der Waals surface area contributed by atoms with E-state index in [0.717, 1.165) is 12.7 Å². The van der Waals surface area contributed by atoms with Crippen LogP contribution in [0.2, 0.25) is 0 Å². The number of aliphatic carboxylic acids is 1. The lowest BCUT2D eigenvalue weighted by molar-refractivity contribution is -0.139. The summed E-state index contributed by atoms with van der Waals surface area (Å²) in [6.45, 7) is 3.64. The number of hydrogen-bond acceptors (Lipinski definition) is 4. The van der Waals surface area contributed by atoms with Crippen LogP contribution in [0.5, 0.6) is 0 Å². The summed E-state index contributed by atoms with van der Waals surface area (Å²) in [4.78, 5) is 23.4. The number of unbranched alkanes of at least 4 members (excludes halogenated alkanes) is 1. The Morgan fingerprint density at radius 2 is 1.96 bits per heavy atom. The molecule has 0 saturated heterocycles. The van der Waals surface area contributed by atoms with E-state index >= 15 is 0 Å². The first-order valence-electron chi connectivity index (χ1n) is 7.26. The highest BCUT2D eigenvalue weighted by Crippen LogP contribution is 2.18. The van der Waals surface area contributed by atoms with Crippen LogP contribution in [0.1, 0.15) is 42.1 Å². The van der Waals surface area contributed by atoms with E-state index in [4.69, 9.17) is 5.11 Å². The maximum absolute atomic E-state index is 12.2. The third-order valence-electron chi connectivity index (χ3n) is 3.24. The first-order valence-corrected chi connectivity index (χ1v) is 9.15. The van der Waals surface area contributed by atoms with Crippen LogP contribution in [0.15, 0.2) is 18.2 Å². The number of carbonyl (C=O) groups excluding carboxylic acids is 1. The molecule has 0 aliphatic rings. The molecule has 1 rings (SSSR count). The Morgan fingerprint density at radius 3 is 2.48 bits per heavy atom.